The maximum atomic E-state index is 12.1. The predicted molar refractivity (Wildman–Crippen MR) is 87.3 cm³/mol. The van der Waals surface area contributed by atoms with Gasteiger partial charge in [0.2, 0.25) is 0 Å². The lowest BCUT2D eigenvalue weighted by Gasteiger charge is -2.39. The second-order valence-corrected chi connectivity index (χ2v) is 8.28. The van der Waals surface area contributed by atoms with E-state index in [0.717, 1.165) is 43.4 Å². The van der Waals surface area contributed by atoms with Crippen LogP contribution in [0.1, 0.15) is 47.0 Å². The molecule has 2 heterocycles. The molecule has 1 amide bonds. The van der Waals surface area contributed by atoms with Gasteiger partial charge < -0.3 is 14.4 Å². The van der Waals surface area contributed by atoms with E-state index in [-0.39, 0.29) is 17.1 Å². The first-order valence-corrected chi connectivity index (χ1v) is 8.88. The zero-order chi connectivity index (χ0) is 15.0. The molecule has 2 aliphatic rings. The average Bonchev–Trinajstić information content (AvgIpc) is 2.67. The number of hydrogen-bond acceptors (Lipinski definition) is 3. The van der Waals surface area contributed by atoms with Gasteiger partial charge in [0.25, 0.3) is 0 Å². The van der Waals surface area contributed by atoms with Crippen molar-refractivity contribution in [2.24, 2.45) is 5.41 Å². The van der Waals surface area contributed by atoms with E-state index in [1.165, 1.54) is 0 Å². The summed E-state index contributed by atoms with van der Waals surface area (Å²) in [5.74, 6) is 0. The Kier molecular flexibility index (Phi) is 4.60. The molecule has 0 unspecified atom stereocenters. The number of alkyl halides is 1. The lowest BCUT2D eigenvalue weighted by atomic mass is 9.74. The van der Waals surface area contributed by atoms with Gasteiger partial charge in [-0.05, 0) is 52.4 Å². The molecule has 20 heavy (non-hydrogen) atoms. The molecule has 2 rings (SSSR count). The number of rotatable bonds is 1. The summed E-state index contributed by atoms with van der Waals surface area (Å²) in [6, 6.07) is 0. The number of likely N-dealkylation sites (tertiary alicyclic amines) is 1. The molecule has 0 N–H and O–H groups in total. The zero-order valence-electron chi connectivity index (χ0n) is 13.0. The Morgan fingerprint density at radius 2 is 1.95 bits per heavy atom. The second-order valence-electron chi connectivity index (χ2n) is 7.52. The maximum absolute atomic E-state index is 12.1. The monoisotopic (exact) mass is 395 g/mol. The Labute approximate surface area is 135 Å². The largest absolute Gasteiger partial charge is 0.444 e. The fraction of sp³-hybridized carbons (Fsp3) is 0.933. The average molecular weight is 395 g/mol. The molecule has 0 aromatic heterocycles. The van der Waals surface area contributed by atoms with Crippen molar-refractivity contribution in [1.29, 1.82) is 0 Å². The summed E-state index contributed by atoms with van der Waals surface area (Å²) in [6.45, 7) is 10.3. The Balaban J connectivity index is 1.89. The van der Waals surface area contributed by atoms with Crippen LogP contribution in [-0.2, 0) is 9.47 Å². The van der Waals surface area contributed by atoms with Gasteiger partial charge in [0.05, 0.1) is 12.2 Å². The van der Waals surface area contributed by atoms with Crippen LogP contribution in [0, 0.1) is 5.41 Å². The summed E-state index contributed by atoms with van der Waals surface area (Å²) < 4.78 is 12.5. The molecule has 0 bridgehead atoms. The fourth-order valence-corrected chi connectivity index (χ4v) is 3.61. The van der Waals surface area contributed by atoms with Gasteiger partial charge in [-0.15, -0.1) is 0 Å². The van der Waals surface area contributed by atoms with Crippen LogP contribution >= 0.6 is 22.6 Å². The van der Waals surface area contributed by atoms with E-state index in [2.05, 4.69) is 29.5 Å². The Bertz CT molecular complexity index is 372. The van der Waals surface area contributed by atoms with Gasteiger partial charge in [-0.25, -0.2) is 4.79 Å². The van der Waals surface area contributed by atoms with Crippen molar-refractivity contribution in [1.82, 2.24) is 4.90 Å². The highest BCUT2D eigenvalue weighted by Crippen LogP contribution is 2.47. The smallest absolute Gasteiger partial charge is 0.410 e. The molecule has 116 valence electrons. The molecule has 0 aliphatic carbocycles. The maximum Gasteiger partial charge on any atom is 0.410 e. The summed E-state index contributed by atoms with van der Waals surface area (Å²) >= 11 is 2.41. The van der Waals surface area contributed by atoms with Gasteiger partial charge in [0.15, 0.2) is 0 Å². The minimum absolute atomic E-state index is 0.0225. The first-order valence-electron chi connectivity index (χ1n) is 7.35. The molecule has 1 atom stereocenters. The highest BCUT2D eigenvalue weighted by molar-refractivity contribution is 14.1. The third-order valence-corrected chi connectivity index (χ3v) is 5.85. The van der Waals surface area contributed by atoms with Crippen molar-refractivity contribution in [2.45, 2.75) is 58.2 Å². The molecule has 2 saturated heterocycles. The number of nitrogens with zero attached hydrogens (tertiary/aromatic N) is 1. The number of piperidine rings is 1. The van der Waals surface area contributed by atoms with Gasteiger partial charge >= 0.3 is 6.09 Å². The second kappa shape index (κ2) is 5.63. The number of carbonyl (C=O) groups is 1. The lowest BCUT2D eigenvalue weighted by Crippen LogP contribution is -2.45. The van der Waals surface area contributed by atoms with Gasteiger partial charge in [-0.3, -0.25) is 0 Å². The van der Waals surface area contributed by atoms with E-state index < -0.39 is 5.60 Å². The quantitative estimate of drug-likeness (QED) is 0.503. The number of amides is 1. The van der Waals surface area contributed by atoms with Crippen LogP contribution < -0.4 is 0 Å². The minimum atomic E-state index is -0.414. The van der Waals surface area contributed by atoms with Crippen LogP contribution in [0.25, 0.3) is 0 Å². The zero-order valence-corrected chi connectivity index (χ0v) is 15.2. The van der Waals surface area contributed by atoms with Crippen molar-refractivity contribution in [3.8, 4) is 0 Å². The van der Waals surface area contributed by atoms with Crippen LogP contribution in [0.3, 0.4) is 0 Å². The molecule has 0 aromatic carbocycles. The normalized spacial score (nSPS) is 29.8. The molecule has 0 saturated carbocycles. The highest BCUT2D eigenvalue weighted by atomic mass is 127. The van der Waals surface area contributed by atoms with Crippen molar-refractivity contribution in [2.75, 3.05) is 24.1 Å². The standard InChI is InChI=1S/C15H26INO3/c1-13(2,3)20-12(18)17-7-5-15(6-8-17)9-14(4,10-16)19-11-15/h5-11H2,1-4H3/t14-/m1/s1. The van der Waals surface area contributed by atoms with Crippen molar-refractivity contribution >= 4 is 28.7 Å². The number of carbonyl (C=O) groups excluding carboxylic acids is 1. The Morgan fingerprint density at radius 1 is 1.35 bits per heavy atom. The topological polar surface area (TPSA) is 38.8 Å². The molecule has 0 aromatic rings. The van der Waals surface area contributed by atoms with Crippen molar-refractivity contribution in [3.63, 3.8) is 0 Å². The van der Waals surface area contributed by atoms with Crippen LogP contribution in [0.5, 0.6) is 0 Å². The number of hydrogen-bond donors (Lipinski definition) is 0. The molecular weight excluding hydrogens is 369 g/mol. The van der Waals surface area contributed by atoms with Crippen molar-refractivity contribution in [3.05, 3.63) is 0 Å². The predicted octanol–water partition coefficient (Wildman–Crippen LogP) is 3.62. The molecule has 1 spiro atoms. The van der Waals surface area contributed by atoms with Gasteiger partial charge in [0, 0.05) is 17.5 Å². The van der Waals surface area contributed by atoms with Gasteiger partial charge in [0.1, 0.15) is 5.60 Å². The van der Waals surface area contributed by atoms with Crippen LogP contribution in [0.4, 0.5) is 4.79 Å². The summed E-state index contributed by atoms with van der Waals surface area (Å²) in [5.41, 5.74) is -0.116. The third kappa shape index (κ3) is 3.78. The first kappa shape index (κ1) is 16.3. The van der Waals surface area contributed by atoms with E-state index in [9.17, 15) is 4.79 Å². The van der Waals surface area contributed by atoms with Crippen LogP contribution in [0.2, 0.25) is 0 Å². The molecule has 2 aliphatic heterocycles. The van der Waals surface area contributed by atoms with E-state index in [1.807, 2.05) is 25.7 Å². The summed E-state index contributed by atoms with van der Waals surface area (Å²) in [7, 11) is 0. The van der Waals surface area contributed by atoms with E-state index in [0.29, 0.717) is 0 Å². The third-order valence-electron chi connectivity index (χ3n) is 4.23. The Morgan fingerprint density at radius 3 is 2.40 bits per heavy atom. The molecule has 4 nitrogen and oxygen atoms in total. The summed E-state index contributed by atoms with van der Waals surface area (Å²) in [6.07, 6.45) is 2.99. The van der Waals surface area contributed by atoms with Crippen molar-refractivity contribution < 1.29 is 14.3 Å². The summed E-state index contributed by atoms with van der Waals surface area (Å²) in [5, 5.41) is 0. The molecule has 0 radical (unpaired) electrons. The molecular formula is C15H26INO3. The van der Waals surface area contributed by atoms with E-state index in [1.54, 1.807) is 0 Å². The summed E-state index contributed by atoms with van der Waals surface area (Å²) in [4.78, 5) is 13.9. The number of halogens is 1. The highest BCUT2D eigenvalue weighted by Gasteiger charge is 2.48. The number of ether oxygens (including phenoxy) is 2. The van der Waals surface area contributed by atoms with Crippen LogP contribution in [-0.4, -0.2) is 46.3 Å². The molecule has 5 heteroatoms. The lowest BCUT2D eigenvalue weighted by molar-refractivity contribution is 0.00541. The SMILES string of the molecule is CC(C)(C)OC(=O)N1CCC2(CC1)CO[C@@](C)(CI)C2. The Hall–Kier alpha value is -0.0400. The molecule has 2 fully saturated rings. The minimum Gasteiger partial charge on any atom is -0.444 e. The van der Waals surface area contributed by atoms with E-state index in [4.69, 9.17) is 9.47 Å². The van der Waals surface area contributed by atoms with Gasteiger partial charge in [-0.1, -0.05) is 22.6 Å². The van der Waals surface area contributed by atoms with Crippen LogP contribution in [0.15, 0.2) is 0 Å². The van der Waals surface area contributed by atoms with E-state index >= 15 is 0 Å². The van der Waals surface area contributed by atoms with Gasteiger partial charge in [-0.2, -0.15) is 0 Å². The fourth-order valence-electron chi connectivity index (χ4n) is 3.12. The first-order chi connectivity index (χ1) is 9.17.